The van der Waals surface area contributed by atoms with E-state index in [1.54, 1.807) is 0 Å². The molecule has 8 nitrogen and oxygen atoms in total. The maximum absolute atomic E-state index is 4.79. The highest BCUT2D eigenvalue weighted by atomic mass is 15.3. The summed E-state index contributed by atoms with van der Waals surface area (Å²) in [5, 5.41) is 16.3. The number of pyridine rings is 2. The smallest absolute Gasteiger partial charge is 0.154 e. The topological polar surface area (TPSA) is 84.6 Å². The summed E-state index contributed by atoms with van der Waals surface area (Å²) in [6.07, 6.45) is 15.4. The Morgan fingerprint density at radius 1 is 0.882 bits per heavy atom. The molecule has 8 heteroatoms. The van der Waals surface area contributed by atoms with Crippen molar-refractivity contribution in [1.82, 2.24) is 34.8 Å². The Morgan fingerprint density at radius 3 is 2.65 bits per heavy atom. The molecule has 1 N–H and O–H groups in total. The van der Waals surface area contributed by atoms with Crippen molar-refractivity contribution < 1.29 is 0 Å². The second-order valence-corrected chi connectivity index (χ2v) is 9.48. The predicted octanol–water partition coefficient (Wildman–Crippen LogP) is 4.78. The summed E-state index contributed by atoms with van der Waals surface area (Å²) < 4.78 is 2.04. The van der Waals surface area contributed by atoms with E-state index in [0.717, 1.165) is 53.3 Å². The summed E-state index contributed by atoms with van der Waals surface area (Å²) >= 11 is 0. The Kier molecular flexibility index (Phi) is 5.89. The highest BCUT2D eigenvalue weighted by Crippen LogP contribution is 2.36. The second kappa shape index (κ2) is 9.46. The first-order valence-corrected chi connectivity index (χ1v) is 12.4. The van der Waals surface area contributed by atoms with Crippen LogP contribution >= 0.6 is 0 Å². The number of anilines is 2. The van der Waals surface area contributed by atoms with E-state index in [1.165, 1.54) is 50.8 Å². The molecule has 0 spiro atoms. The minimum absolute atomic E-state index is 0.619. The van der Waals surface area contributed by atoms with Gasteiger partial charge in [-0.25, -0.2) is 4.98 Å². The lowest BCUT2D eigenvalue weighted by Gasteiger charge is -2.25. The van der Waals surface area contributed by atoms with Gasteiger partial charge in [0.15, 0.2) is 5.82 Å². The van der Waals surface area contributed by atoms with E-state index in [0.29, 0.717) is 5.92 Å². The Labute approximate surface area is 199 Å². The van der Waals surface area contributed by atoms with E-state index >= 15 is 0 Å². The van der Waals surface area contributed by atoms with E-state index < -0.39 is 0 Å². The summed E-state index contributed by atoms with van der Waals surface area (Å²) in [5.41, 5.74) is 5.05. The molecule has 1 saturated carbocycles. The van der Waals surface area contributed by atoms with Crippen LogP contribution in [0.1, 0.15) is 50.0 Å². The van der Waals surface area contributed by atoms with E-state index in [1.807, 2.05) is 35.4 Å². The third-order valence-corrected chi connectivity index (χ3v) is 7.07. The summed E-state index contributed by atoms with van der Waals surface area (Å²) in [5.74, 6) is 2.09. The molecule has 0 aromatic carbocycles. The summed E-state index contributed by atoms with van der Waals surface area (Å²) in [7, 11) is 0. The van der Waals surface area contributed by atoms with Crippen molar-refractivity contribution in [2.75, 3.05) is 25.0 Å². The lowest BCUT2D eigenvalue weighted by atomic mass is 9.81. The van der Waals surface area contributed by atoms with Crippen molar-refractivity contribution in [2.45, 2.75) is 51.0 Å². The van der Waals surface area contributed by atoms with Gasteiger partial charge in [-0.3, -0.25) is 9.67 Å². The van der Waals surface area contributed by atoms with Crippen molar-refractivity contribution in [3.63, 3.8) is 0 Å². The highest BCUT2D eigenvalue weighted by Gasteiger charge is 2.20. The van der Waals surface area contributed by atoms with Crippen LogP contribution in [0, 0.1) is 0 Å². The van der Waals surface area contributed by atoms with Crippen LogP contribution in [0.2, 0.25) is 0 Å². The molecule has 0 radical (unpaired) electrons. The number of nitrogens with zero attached hydrogens (tertiary/aromatic N) is 7. The number of rotatable bonds is 8. The van der Waals surface area contributed by atoms with Gasteiger partial charge >= 0.3 is 0 Å². The maximum atomic E-state index is 4.79. The van der Waals surface area contributed by atoms with Gasteiger partial charge < -0.3 is 10.2 Å². The normalized spacial score (nSPS) is 16.7. The molecule has 4 aromatic heterocycles. The number of likely N-dealkylation sites (tertiary alicyclic amines) is 1. The quantitative estimate of drug-likeness (QED) is 0.410. The van der Waals surface area contributed by atoms with Crippen LogP contribution in [0.25, 0.3) is 22.2 Å². The van der Waals surface area contributed by atoms with Gasteiger partial charge in [-0.2, -0.15) is 10.2 Å². The zero-order valence-electron chi connectivity index (χ0n) is 19.4. The first kappa shape index (κ1) is 21.2. The number of hydrogen-bond donors (Lipinski definition) is 1. The third-order valence-electron chi connectivity index (χ3n) is 7.07. The Balaban J connectivity index is 1.15. The first-order valence-electron chi connectivity index (χ1n) is 12.4. The first-order chi connectivity index (χ1) is 16.8. The largest absolute Gasteiger partial charge is 0.323 e. The van der Waals surface area contributed by atoms with Crippen LogP contribution in [0.4, 0.5) is 11.6 Å². The molecule has 34 heavy (non-hydrogen) atoms. The summed E-state index contributed by atoms with van der Waals surface area (Å²) in [4.78, 5) is 12.0. The van der Waals surface area contributed by atoms with E-state index in [9.17, 15) is 0 Å². The fourth-order valence-electron chi connectivity index (χ4n) is 4.87. The molecule has 1 saturated heterocycles. The molecule has 0 atom stereocenters. The number of hydrogen-bond acceptors (Lipinski definition) is 7. The van der Waals surface area contributed by atoms with E-state index in [-0.39, 0.29) is 0 Å². The number of fused-ring (bicyclic) bond motifs is 1. The Morgan fingerprint density at radius 2 is 1.79 bits per heavy atom. The van der Waals surface area contributed by atoms with Crippen molar-refractivity contribution in [3.05, 3.63) is 54.6 Å². The van der Waals surface area contributed by atoms with Crippen LogP contribution in [0.5, 0.6) is 0 Å². The van der Waals surface area contributed by atoms with Crippen LogP contribution in [0.3, 0.4) is 0 Å². The average Bonchev–Trinajstić information content (AvgIpc) is 3.50. The SMILES string of the molecule is c1nc2ccc(Nc3cc(C4CCC4)cnn3)nc2cc1-c1cnn(CCCN2CCCC2)c1. The van der Waals surface area contributed by atoms with E-state index in [2.05, 4.69) is 48.8 Å². The molecule has 2 fully saturated rings. The van der Waals surface area contributed by atoms with Crippen molar-refractivity contribution in [1.29, 1.82) is 0 Å². The number of nitrogens with one attached hydrogen (secondary N) is 1. The molecule has 5 heterocycles. The maximum Gasteiger partial charge on any atom is 0.154 e. The monoisotopic (exact) mass is 454 g/mol. The average molecular weight is 455 g/mol. The Hall–Kier alpha value is -3.39. The van der Waals surface area contributed by atoms with Gasteiger partial charge in [-0.15, -0.1) is 5.10 Å². The summed E-state index contributed by atoms with van der Waals surface area (Å²) in [6, 6.07) is 8.09. The van der Waals surface area contributed by atoms with Gasteiger partial charge in [0, 0.05) is 30.1 Å². The lowest BCUT2D eigenvalue weighted by Crippen LogP contribution is -2.21. The van der Waals surface area contributed by atoms with Crippen molar-refractivity contribution in [3.8, 4) is 11.1 Å². The zero-order chi connectivity index (χ0) is 22.7. The van der Waals surface area contributed by atoms with Gasteiger partial charge in [0.2, 0.25) is 0 Å². The van der Waals surface area contributed by atoms with Crippen LogP contribution < -0.4 is 5.32 Å². The van der Waals surface area contributed by atoms with Crippen molar-refractivity contribution >= 4 is 22.7 Å². The van der Waals surface area contributed by atoms with Crippen LogP contribution in [-0.2, 0) is 6.54 Å². The zero-order valence-corrected chi connectivity index (χ0v) is 19.4. The van der Waals surface area contributed by atoms with Crippen LogP contribution in [-0.4, -0.2) is 54.5 Å². The third kappa shape index (κ3) is 4.63. The predicted molar refractivity (Wildman–Crippen MR) is 133 cm³/mol. The van der Waals surface area contributed by atoms with Gasteiger partial charge in [0.25, 0.3) is 0 Å². The molecule has 1 aliphatic heterocycles. The molecular formula is C26H30N8. The van der Waals surface area contributed by atoms with Gasteiger partial charge in [-0.1, -0.05) is 6.42 Å². The number of aromatic nitrogens is 6. The lowest BCUT2D eigenvalue weighted by molar-refractivity contribution is 0.322. The molecule has 1 aliphatic carbocycles. The van der Waals surface area contributed by atoms with Crippen LogP contribution in [0.15, 0.2) is 49.1 Å². The minimum Gasteiger partial charge on any atom is -0.323 e. The molecule has 0 amide bonds. The minimum atomic E-state index is 0.619. The standard InChI is InChI=1S/C26H30N8/c1-2-10-33(9-1)11-4-12-34-18-22(17-29-34)20-13-24-23(27-15-20)7-8-25(30-24)31-26-14-21(16-28-32-26)19-5-3-6-19/h7-8,13-19H,1-6,9-12H2,(H,30,31,32). The molecule has 2 aliphatic rings. The molecule has 174 valence electrons. The number of aryl methyl sites for hydroxylation is 1. The Bertz CT molecular complexity index is 1270. The second-order valence-electron chi connectivity index (χ2n) is 9.48. The van der Waals surface area contributed by atoms with Crippen molar-refractivity contribution in [2.24, 2.45) is 0 Å². The molecular weight excluding hydrogens is 424 g/mol. The summed E-state index contributed by atoms with van der Waals surface area (Å²) in [6.45, 7) is 4.58. The van der Waals surface area contributed by atoms with Gasteiger partial charge in [-0.05, 0) is 87.5 Å². The fraction of sp³-hybridized carbons (Fsp3) is 0.423. The molecule has 4 aromatic rings. The molecule has 0 unspecified atom stereocenters. The molecule has 0 bridgehead atoms. The van der Waals surface area contributed by atoms with Gasteiger partial charge in [0.05, 0.1) is 23.4 Å². The highest BCUT2D eigenvalue weighted by molar-refractivity contribution is 5.81. The fourth-order valence-corrected chi connectivity index (χ4v) is 4.87. The van der Waals surface area contributed by atoms with Gasteiger partial charge in [0.1, 0.15) is 5.82 Å². The molecule has 6 rings (SSSR count). The van der Waals surface area contributed by atoms with E-state index in [4.69, 9.17) is 4.98 Å².